The Morgan fingerprint density at radius 3 is 2.65 bits per heavy atom. The number of benzene rings is 1. The predicted octanol–water partition coefficient (Wildman–Crippen LogP) is 2.24. The Hall–Kier alpha value is -1.07. The number of nitrogens with zero attached hydrogens (tertiary/aromatic N) is 1. The Balaban J connectivity index is 2.17. The minimum atomic E-state index is -0.862. The van der Waals surface area contributed by atoms with Crippen molar-refractivity contribution in [1.82, 2.24) is 4.90 Å². The van der Waals surface area contributed by atoms with Gasteiger partial charge in [-0.3, -0.25) is 0 Å². The smallest absolute Gasteiger partial charge is 0.407 e. The van der Waals surface area contributed by atoms with Crippen LogP contribution in [-0.4, -0.2) is 35.2 Å². The van der Waals surface area contributed by atoms with E-state index in [4.69, 9.17) is 10.8 Å². The highest BCUT2D eigenvalue weighted by atomic mass is 79.9. The number of rotatable bonds is 1. The van der Waals surface area contributed by atoms with Gasteiger partial charge in [0, 0.05) is 29.5 Å². The van der Waals surface area contributed by atoms with Crippen LogP contribution in [0.25, 0.3) is 0 Å². The molecule has 4 nitrogen and oxygen atoms in total. The first kappa shape index (κ1) is 12.4. The highest BCUT2D eigenvalue weighted by molar-refractivity contribution is 9.10. The number of halogens is 1. The van der Waals surface area contributed by atoms with Crippen molar-refractivity contribution in [1.29, 1.82) is 0 Å². The van der Waals surface area contributed by atoms with E-state index in [1.807, 2.05) is 24.3 Å². The van der Waals surface area contributed by atoms with Gasteiger partial charge < -0.3 is 15.7 Å². The molecule has 1 aromatic carbocycles. The van der Waals surface area contributed by atoms with Crippen LogP contribution in [0.3, 0.4) is 0 Å². The number of carboxylic acid groups (broad SMARTS) is 1. The molecule has 17 heavy (non-hydrogen) atoms. The average Bonchev–Trinajstić information content (AvgIpc) is 2.31. The Kier molecular flexibility index (Phi) is 3.69. The van der Waals surface area contributed by atoms with Crippen LogP contribution in [0.15, 0.2) is 28.7 Å². The zero-order chi connectivity index (χ0) is 12.4. The quantitative estimate of drug-likeness (QED) is 0.836. The molecule has 92 valence electrons. The van der Waals surface area contributed by atoms with Crippen molar-refractivity contribution in [2.45, 2.75) is 18.4 Å². The van der Waals surface area contributed by atoms with Gasteiger partial charge >= 0.3 is 6.09 Å². The molecule has 0 radical (unpaired) electrons. The lowest BCUT2D eigenvalue weighted by Crippen LogP contribution is -2.47. The average molecular weight is 299 g/mol. The van der Waals surface area contributed by atoms with Gasteiger partial charge in [-0.1, -0.05) is 28.1 Å². The number of hydrogen-bond donors (Lipinski definition) is 2. The molecule has 3 N–H and O–H groups in total. The summed E-state index contributed by atoms with van der Waals surface area (Å²) in [6.45, 7) is 1.02. The summed E-state index contributed by atoms with van der Waals surface area (Å²) in [7, 11) is 0. The zero-order valence-corrected chi connectivity index (χ0v) is 10.9. The van der Waals surface area contributed by atoms with Crippen molar-refractivity contribution in [2.75, 3.05) is 13.1 Å². The number of amides is 1. The van der Waals surface area contributed by atoms with Gasteiger partial charge in [0.2, 0.25) is 0 Å². The molecule has 1 amide bonds. The van der Waals surface area contributed by atoms with Crippen LogP contribution < -0.4 is 5.73 Å². The van der Waals surface area contributed by atoms with Gasteiger partial charge in [0.05, 0.1) is 0 Å². The summed E-state index contributed by atoms with van der Waals surface area (Å²) in [6.07, 6.45) is -0.147. The Morgan fingerprint density at radius 1 is 1.41 bits per heavy atom. The van der Waals surface area contributed by atoms with E-state index in [2.05, 4.69) is 15.9 Å². The van der Waals surface area contributed by atoms with Gasteiger partial charge in [0.15, 0.2) is 0 Å². The molecule has 0 bridgehead atoms. The first-order valence-electron chi connectivity index (χ1n) is 5.57. The molecular formula is C12H15BrN2O2. The summed E-state index contributed by atoms with van der Waals surface area (Å²) >= 11 is 3.38. The third kappa shape index (κ3) is 2.79. The first-order chi connectivity index (χ1) is 8.08. The minimum Gasteiger partial charge on any atom is -0.465 e. The Morgan fingerprint density at radius 2 is 2.06 bits per heavy atom. The minimum absolute atomic E-state index is 0.0341. The largest absolute Gasteiger partial charge is 0.465 e. The van der Waals surface area contributed by atoms with E-state index < -0.39 is 6.09 Å². The summed E-state index contributed by atoms with van der Waals surface area (Å²) in [5, 5.41) is 9.01. The number of likely N-dealkylation sites (tertiary alicyclic amines) is 1. The third-order valence-corrected chi connectivity index (χ3v) is 3.76. The molecule has 1 aliphatic heterocycles. The van der Waals surface area contributed by atoms with Gasteiger partial charge in [0.25, 0.3) is 0 Å². The number of nitrogens with two attached hydrogens (primary N) is 1. The molecule has 1 heterocycles. The molecule has 0 saturated carbocycles. The van der Waals surface area contributed by atoms with Crippen molar-refractivity contribution < 1.29 is 9.90 Å². The van der Waals surface area contributed by atoms with Gasteiger partial charge in [-0.05, 0) is 24.1 Å². The second-order valence-corrected chi connectivity index (χ2v) is 5.25. The van der Waals surface area contributed by atoms with Crippen LogP contribution in [0.1, 0.15) is 17.9 Å². The number of piperidine rings is 1. The summed E-state index contributed by atoms with van der Waals surface area (Å²) in [5.74, 6) is 0.0907. The zero-order valence-electron chi connectivity index (χ0n) is 9.34. The molecule has 1 saturated heterocycles. The van der Waals surface area contributed by atoms with E-state index in [9.17, 15) is 4.79 Å². The second kappa shape index (κ2) is 5.06. The molecule has 1 aromatic rings. The SMILES string of the molecule is N[C@@H]1CCN(C(=O)O)C[C@H]1c1ccc(Br)cc1. The van der Waals surface area contributed by atoms with Crippen molar-refractivity contribution in [3.8, 4) is 0 Å². The summed E-state index contributed by atoms with van der Waals surface area (Å²) in [6, 6.07) is 7.95. The Labute approximate surface area is 109 Å². The van der Waals surface area contributed by atoms with Crippen molar-refractivity contribution in [3.63, 3.8) is 0 Å². The van der Waals surface area contributed by atoms with Crippen molar-refractivity contribution in [3.05, 3.63) is 34.3 Å². The van der Waals surface area contributed by atoms with E-state index in [1.54, 1.807) is 0 Å². The molecular weight excluding hydrogens is 284 g/mol. The van der Waals surface area contributed by atoms with E-state index in [0.29, 0.717) is 19.5 Å². The molecule has 1 fully saturated rings. The molecule has 0 spiro atoms. The fraction of sp³-hybridized carbons (Fsp3) is 0.417. The van der Waals surface area contributed by atoms with E-state index >= 15 is 0 Å². The maximum Gasteiger partial charge on any atom is 0.407 e. The highest BCUT2D eigenvalue weighted by Gasteiger charge is 2.30. The number of hydrogen-bond acceptors (Lipinski definition) is 2. The van der Waals surface area contributed by atoms with E-state index in [-0.39, 0.29) is 12.0 Å². The highest BCUT2D eigenvalue weighted by Crippen LogP contribution is 2.27. The van der Waals surface area contributed by atoms with Crippen molar-refractivity contribution in [2.24, 2.45) is 5.73 Å². The summed E-state index contributed by atoms with van der Waals surface area (Å²) < 4.78 is 1.01. The molecule has 1 aliphatic rings. The predicted molar refractivity (Wildman–Crippen MR) is 69.1 cm³/mol. The lowest BCUT2D eigenvalue weighted by Gasteiger charge is -2.35. The van der Waals surface area contributed by atoms with Gasteiger partial charge in [-0.2, -0.15) is 0 Å². The summed E-state index contributed by atoms with van der Waals surface area (Å²) in [4.78, 5) is 12.4. The molecule has 2 rings (SSSR count). The Bertz CT molecular complexity index is 407. The van der Waals surface area contributed by atoms with Crippen LogP contribution >= 0.6 is 15.9 Å². The fourth-order valence-electron chi connectivity index (χ4n) is 2.21. The monoisotopic (exact) mass is 298 g/mol. The van der Waals surface area contributed by atoms with E-state index in [1.165, 1.54) is 4.90 Å². The normalized spacial score (nSPS) is 24.7. The van der Waals surface area contributed by atoms with Crippen molar-refractivity contribution >= 4 is 22.0 Å². The topological polar surface area (TPSA) is 66.6 Å². The molecule has 0 aromatic heterocycles. The first-order valence-corrected chi connectivity index (χ1v) is 6.36. The van der Waals surface area contributed by atoms with Crippen LogP contribution in [0.5, 0.6) is 0 Å². The fourth-order valence-corrected chi connectivity index (χ4v) is 2.47. The maximum absolute atomic E-state index is 11.0. The van der Waals surface area contributed by atoms with Crippen LogP contribution in [0.4, 0.5) is 4.79 Å². The van der Waals surface area contributed by atoms with E-state index in [0.717, 1.165) is 10.0 Å². The molecule has 2 atom stereocenters. The van der Waals surface area contributed by atoms with Gasteiger partial charge in [-0.25, -0.2) is 4.79 Å². The molecule has 0 aliphatic carbocycles. The standard InChI is InChI=1S/C12H15BrN2O2/c13-9-3-1-8(2-4-9)10-7-15(12(16)17)6-5-11(10)14/h1-4,10-11H,5-7,14H2,(H,16,17)/t10-,11+/m0/s1. The molecule has 5 heteroatoms. The molecule has 0 unspecified atom stereocenters. The van der Waals surface area contributed by atoms with Gasteiger partial charge in [-0.15, -0.1) is 0 Å². The second-order valence-electron chi connectivity index (χ2n) is 4.34. The van der Waals surface area contributed by atoms with Crippen LogP contribution in [-0.2, 0) is 0 Å². The van der Waals surface area contributed by atoms with Crippen LogP contribution in [0.2, 0.25) is 0 Å². The lowest BCUT2D eigenvalue weighted by molar-refractivity contribution is 0.126. The third-order valence-electron chi connectivity index (χ3n) is 3.23. The van der Waals surface area contributed by atoms with Crippen LogP contribution in [0, 0.1) is 0 Å². The summed E-state index contributed by atoms with van der Waals surface area (Å²) in [5.41, 5.74) is 7.18. The number of carbonyl (C=O) groups is 1. The van der Waals surface area contributed by atoms with Gasteiger partial charge in [0.1, 0.15) is 0 Å². The maximum atomic E-state index is 11.0. The lowest BCUT2D eigenvalue weighted by atomic mass is 9.87.